The Morgan fingerprint density at radius 2 is 2.12 bits per heavy atom. The Balaban J connectivity index is 1.82. The lowest BCUT2D eigenvalue weighted by atomic mass is 10.1. The fourth-order valence-corrected chi connectivity index (χ4v) is 2.96. The van der Waals surface area contributed by atoms with E-state index in [4.69, 9.17) is 4.74 Å². The molecule has 0 spiro atoms. The molecule has 0 saturated heterocycles. The summed E-state index contributed by atoms with van der Waals surface area (Å²) >= 11 is 3.35. The van der Waals surface area contributed by atoms with E-state index in [-0.39, 0.29) is 18.4 Å². The van der Waals surface area contributed by atoms with Gasteiger partial charge in [-0.25, -0.2) is 0 Å². The molecule has 0 fully saturated rings. The van der Waals surface area contributed by atoms with E-state index < -0.39 is 0 Å². The Hall–Kier alpha value is -2.60. The van der Waals surface area contributed by atoms with E-state index in [2.05, 4.69) is 27.8 Å². The molecule has 0 saturated carbocycles. The van der Waals surface area contributed by atoms with Crippen LogP contribution in [0.25, 0.3) is 0 Å². The third-order valence-corrected chi connectivity index (χ3v) is 4.17. The van der Waals surface area contributed by atoms with Gasteiger partial charge in [-0.15, -0.1) is 0 Å². The zero-order chi connectivity index (χ0) is 18.0. The van der Waals surface area contributed by atoms with Gasteiger partial charge in [0.15, 0.2) is 6.61 Å². The van der Waals surface area contributed by atoms with Crippen molar-refractivity contribution in [1.82, 2.24) is 0 Å². The Labute approximate surface area is 154 Å². The summed E-state index contributed by atoms with van der Waals surface area (Å²) in [6, 6.07) is 12.4. The molecule has 1 aliphatic rings. The Kier molecular flexibility index (Phi) is 4.90. The number of carbonyl (C=O) groups is 2. The lowest BCUT2D eigenvalue weighted by Gasteiger charge is -2.29. The predicted molar refractivity (Wildman–Crippen MR) is 101 cm³/mol. The number of nitrogens with zero attached hydrogens (tertiary/aromatic N) is 1. The van der Waals surface area contributed by atoms with Crippen molar-refractivity contribution in [2.45, 2.75) is 6.92 Å². The highest BCUT2D eigenvalue weighted by molar-refractivity contribution is 9.10. The van der Waals surface area contributed by atoms with Crippen LogP contribution in [0, 0.1) is 0 Å². The standard InChI is InChI=1S/C19H17BrN2O3/c1-12(2)10-22-16-7-6-15(9-17(16)25-11-18(22)23)21-19(24)13-4-3-5-14(20)8-13/h3-9H,1,10-11H2,2H3,(H,21,24). The summed E-state index contributed by atoms with van der Waals surface area (Å²) in [5.41, 5.74) is 2.72. The van der Waals surface area contributed by atoms with Gasteiger partial charge in [-0.05, 0) is 37.3 Å². The highest BCUT2D eigenvalue weighted by atomic mass is 79.9. The van der Waals surface area contributed by atoms with Gasteiger partial charge in [-0.3, -0.25) is 9.59 Å². The molecule has 128 valence electrons. The summed E-state index contributed by atoms with van der Waals surface area (Å²) < 4.78 is 6.35. The van der Waals surface area contributed by atoms with Crippen LogP contribution in [0.2, 0.25) is 0 Å². The number of fused-ring (bicyclic) bond motifs is 1. The number of halogens is 1. The number of nitrogens with one attached hydrogen (secondary N) is 1. The van der Waals surface area contributed by atoms with Crippen LogP contribution >= 0.6 is 15.9 Å². The third-order valence-electron chi connectivity index (χ3n) is 3.68. The highest BCUT2D eigenvalue weighted by Gasteiger charge is 2.25. The topological polar surface area (TPSA) is 58.6 Å². The van der Waals surface area contributed by atoms with E-state index in [9.17, 15) is 9.59 Å². The Morgan fingerprint density at radius 3 is 2.84 bits per heavy atom. The van der Waals surface area contributed by atoms with E-state index in [1.807, 2.05) is 13.0 Å². The molecule has 3 rings (SSSR count). The maximum atomic E-state index is 12.3. The summed E-state index contributed by atoms with van der Waals surface area (Å²) in [4.78, 5) is 26.0. The largest absolute Gasteiger partial charge is 0.481 e. The van der Waals surface area contributed by atoms with E-state index in [0.29, 0.717) is 29.2 Å². The lowest BCUT2D eigenvalue weighted by molar-refractivity contribution is -0.121. The van der Waals surface area contributed by atoms with Gasteiger partial charge in [0.25, 0.3) is 11.8 Å². The van der Waals surface area contributed by atoms with Crippen LogP contribution in [0.15, 0.2) is 59.1 Å². The zero-order valence-corrected chi connectivity index (χ0v) is 15.3. The van der Waals surface area contributed by atoms with Crippen molar-refractivity contribution in [3.63, 3.8) is 0 Å². The molecule has 0 aliphatic carbocycles. The second kappa shape index (κ2) is 7.11. The molecule has 0 unspecified atom stereocenters. The van der Waals surface area contributed by atoms with Crippen molar-refractivity contribution in [2.24, 2.45) is 0 Å². The molecule has 2 aromatic rings. The molecule has 0 aromatic heterocycles. The molecule has 5 nitrogen and oxygen atoms in total. The van der Waals surface area contributed by atoms with Crippen LogP contribution in [0.3, 0.4) is 0 Å². The number of ether oxygens (including phenoxy) is 1. The molecule has 25 heavy (non-hydrogen) atoms. The number of amides is 2. The fraction of sp³-hybridized carbons (Fsp3) is 0.158. The van der Waals surface area contributed by atoms with Gasteiger partial charge in [0.2, 0.25) is 0 Å². The second-order valence-electron chi connectivity index (χ2n) is 5.87. The third kappa shape index (κ3) is 3.91. The molecule has 6 heteroatoms. The quantitative estimate of drug-likeness (QED) is 0.788. The summed E-state index contributed by atoms with van der Waals surface area (Å²) in [7, 11) is 0. The molecule has 0 atom stereocenters. The number of rotatable bonds is 4. The first-order valence-electron chi connectivity index (χ1n) is 7.72. The fourth-order valence-electron chi connectivity index (χ4n) is 2.56. The SMILES string of the molecule is C=C(C)CN1C(=O)COc2cc(NC(=O)c3cccc(Br)c3)ccc21. The van der Waals surface area contributed by atoms with Crippen LogP contribution in [0.1, 0.15) is 17.3 Å². The summed E-state index contributed by atoms with van der Waals surface area (Å²) in [5.74, 6) is 0.237. The van der Waals surface area contributed by atoms with E-state index in [0.717, 1.165) is 10.0 Å². The highest BCUT2D eigenvalue weighted by Crippen LogP contribution is 2.35. The monoisotopic (exact) mass is 400 g/mol. The Bertz CT molecular complexity index is 863. The number of carbonyl (C=O) groups excluding carboxylic acids is 2. The van der Waals surface area contributed by atoms with E-state index >= 15 is 0 Å². The zero-order valence-electron chi connectivity index (χ0n) is 13.7. The smallest absolute Gasteiger partial charge is 0.265 e. The minimum atomic E-state index is -0.216. The molecule has 0 radical (unpaired) electrons. The molecule has 1 N–H and O–H groups in total. The van der Waals surface area contributed by atoms with Crippen LogP contribution < -0.4 is 15.0 Å². The number of hydrogen-bond acceptors (Lipinski definition) is 3. The van der Waals surface area contributed by atoms with Gasteiger partial charge in [-0.2, -0.15) is 0 Å². The lowest BCUT2D eigenvalue weighted by Crippen LogP contribution is -2.39. The van der Waals surface area contributed by atoms with Crippen molar-refractivity contribution >= 4 is 39.1 Å². The van der Waals surface area contributed by atoms with Gasteiger partial charge < -0.3 is 15.0 Å². The number of anilines is 2. The molecular formula is C19H17BrN2O3. The first kappa shape index (κ1) is 17.2. The molecule has 2 amide bonds. The average molecular weight is 401 g/mol. The molecule has 0 bridgehead atoms. The van der Waals surface area contributed by atoms with Crippen LogP contribution in [0.4, 0.5) is 11.4 Å². The Morgan fingerprint density at radius 1 is 1.32 bits per heavy atom. The minimum Gasteiger partial charge on any atom is -0.481 e. The average Bonchev–Trinajstić information content (AvgIpc) is 2.57. The van der Waals surface area contributed by atoms with Crippen LogP contribution in [0.5, 0.6) is 5.75 Å². The summed E-state index contributed by atoms with van der Waals surface area (Å²) in [6.45, 7) is 6.15. The number of hydrogen-bond donors (Lipinski definition) is 1. The summed E-state index contributed by atoms with van der Waals surface area (Å²) in [6.07, 6.45) is 0. The maximum Gasteiger partial charge on any atom is 0.265 e. The van der Waals surface area contributed by atoms with Crippen molar-refractivity contribution in [3.05, 3.63) is 64.7 Å². The van der Waals surface area contributed by atoms with Gasteiger partial charge in [0.1, 0.15) is 5.75 Å². The van der Waals surface area contributed by atoms with Gasteiger partial charge in [0, 0.05) is 28.3 Å². The molecule has 1 aliphatic heterocycles. The van der Waals surface area contributed by atoms with Crippen molar-refractivity contribution in [1.29, 1.82) is 0 Å². The van der Waals surface area contributed by atoms with Crippen molar-refractivity contribution in [3.8, 4) is 5.75 Å². The van der Waals surface area contributed by atoms with Gasteiger partial charge in [0.05, 0.1) is 5.69 Å². The molecule has 1 heterocycles. The first-order chi connectivity index (χ1) is 11.9. The van der Waals surface area contributed by atoms with Crippen molar-refractivity contribution in [2.75, 3.05) is 23.4 Å². The molecule has 2 aromatic carbocycles. The first-order valence-corrected chi connectivity index (χ1v) is 8.52. The van der Waals surface area contributed by atoms with Gasteiger partial charge >= 0.3 is 0 Å². The van der Waals surface area contributed by atoms with Crippen LogP contribution in [-0.4, -0.2) is 25.0 Å². The number of benzene rings is 2. The maximum absolute atomic E-state index is 12.3. The van der Waals surface area contributed by atoms with E-state index in [1.165, 1.54) is 0 Å². The van der Waals surface area contributed by atoms with Crippen molar-refractivity contribution < 1.29 is 14.3 Å². The normalized spacial score (nSPS) is 13.0. The minimum absolute atomic E-state index is 0.0245. The van der Waals surface area contributed by atoms with Crippen LogP contribution in [-0.2, 0) is 4.79 Å². The van der Waals surface area contributed by atoms with E-state index in [1.54, 1.807) is 41.3 Å². The van der Waals surface area contributed by atoms with Gasteiger partial charge in [-0.1, -0.05) is 34.1 Å². The predicted octanol–water partition coefficient (Wildman–Crippen LogP) is 4.00. The second-order valence-corrected chi connectivity index (χ2v) is 6.79. The molecular weight excluding hydrogens is 384 g/mol. The summed E-state index contributed by atoms with van der Waals surface area (Å²) in [5, 5.41) is 2.84.